The van der Waals surface area contributed by atoms with Crippen LogP contribution >= 0.6 is 0 Å². The third kappa shape index (κ3) is 6.96. The molecule has 3 rings (SSSR count). The number of hydrogen-bond donors (Lipinski definition) is 7. The van der Waals surface area contributed by atoms with Gasteiger partial charge in [0.15, 0.2) is 23.3 Å². The van der Waals surface area contributed by atoms with Crippen molar-refractivity contribution in [3.8, 4) is 0 Å². The van der Waals surface area contributed by atoms with E-state index in [4.69, 9.17) is 33.8 Å². The first kappa shape index (κ1) is 37.4. The molecule has 0 aromatic carbocycles. The second kappa shape index (κ2) is 14.4. The Balaban J connectivity index is 1.95. The van der Waals surface area contributed by atoms with Crippen molar-refractivity contribution in [3.63, 3.8) is 0 Å². The third-order valence-electron chi connectivity index (χ3n) is 8.91. The molecule has 17 heteroatoms. The molecule has 260 valence electrons. The fourth-order valence-electron chi connectivity index (χ4n) is 5.87. The summed E-state index contributed by atoms with van der Waals surface area (Å²) in [4.78, 5) is 48.3. The summed E-state index contributed by atoms with van der Waals surface area (Å²) in [6, 6.07) is 0. The number of carboxylic acids is 1. The molecule has 0 aromatic rings. The standard InChI is InChI=1S/C29H43NO16/c1-7-11(2)27(38)44-13(4)29(40)12(3)43-18(8-17(29)41-6)46-23-21(33)16(10-42-14(5)31)45-25(22(23)34)28(39)9-15(32)20(30)19(24(28)35)26(36)37/h11-13,16-18,21-23,25,30,33-35,39-40H,7-10H2,1-6H3,(H,36,37)/t11-,12-,13-,16+,17-,18-,21+,22+,23+,25+,28+,29-/m0/s1. The van der Waals surface area contributed by atoms with E-state index >= 15 is 0 Å². The molecule has 7 N–H and O–H groups in total. The van der Waals surface area contributed by atoms with Crippen molar-refractivity contribution < 1.29 is 78.2 Å². The second-order valence-electron chi connectivity index (χ2n) is 11.9. The number of ketones is 1. The predicted octanol–water partition coefficient (Wildman–Crippen LogP) is -1.10. The lowest BCUT2D eigenvalue weighted by atomic mass is 9.74. The third-order valence-corrected chi connectivity index (χ3v) is 8.91. The minimum atomic E-state index is -2.92. The number of esters is 2. The smallest absolute Gasteiger partial charge is 0.341 e. The van der Waals surface area contributed by atoms with E-state index in [-0.39, 0.29) is 6.42 Å². The number of aliphatic hydroxyl groups excluding tert-OH is 3. The zero-order valence-electron chi connectivity index (χ0n) is 26.4. The van der Waals surface area contributed by atoms with Crippen LogP contribution in [0.2, 0.25) is 0 Å². The maximum atomic E-state index is 12.6. The van der Waals surface area contributed by atoms with Crippen LogP contribution in [0.3, 0.4) is 0 Å². The Kier molecular flexibility index (Phi) is 11.7. The van der Waals surface area contributed by atoms with Crippen molar-refractivity contribution in [1.29, 1.82) is 5.41 Å². The van der Waals surface area contributed by atoms with E-state index in [1.807, 2.05) is 0 Å². The molecule has 0 amide bonds. The minimum absolute atomic E-state index is 0.243. The van der Waals surface area contributed by atoms with Gasteiger partial charge < -0.3 is 59.1 Å². The maximum absolute atomic E-state index is 12.6. The number of carboxylic acid groups (broad SMARTS) is 1. The van der Waals surface area contributed by atoms with Gasteiger partial charge in [-0.25, -0.2) is 4.79 Å². The Morgan fingerprint density at radius 3 is 2.30 bits per heavy atom. The lowest BCUT2D eigenvalue weighted by Gasteiger charge is -2.51. The number of rotatable bonds is 11. The van der Waals surface area contributed by atoms with Gasteiger partial charge in [0, 0.05) is 20.5 Å². The monoisotopic (exact) mass is 661 g/mol. The van der Waals surface area contributed by atoms with Gasteiger partial charge in [-0.3, -0.25) is 19.8 Å². The first-order valence-corrected chi connectivity index (χ1v) is 14.8. The van der Waals surface area contributed by atoms with Crippen LogP contribution in [-0.4, -0.2) is 140 Å². The summed E-state index contributed by atoms with van der Waals surface area (Å²) < 4.78 is 33.4. The van der Waals surface area contributed by atoms with Gasteiger partial charge in [-0.15, -0.1) is 0 Å². The molecular weight excluding hydrogens is 618 g/mol. The Hall–Kier alpha value is -3.03. The van der Waals surface area contributed by atoms with Crippen LogP contribution in [0.5, 0.6) is 0 Å². The quantitative estimate of drug-likeness (QED) is 0.130. The van der Waals surface area contributed by atoms with Crippen molar-refractivity contribution in [3.05, 3.63) is 11.3 Å². The highest BCUT2D eigenvalue weighted by Crippen LogP contribution is 2.41. The second-order valence-corrected chi connectivity index (χ2v) is 11.9. The van der Waals surface area contributed by atoms with Crippen LogP contribution in [0.15, 0.2) is 11.3 Å². The number of carbonyl (C=O) groups excluding carboxylic acids is 3. The van der Waals surface area contributed by atoms with Crippen molar-refractivity contribution in [2.45, 2.75) is 120 Å². The summed E-state index contributed by atoms with van der Waals surface area (Å²) >= 11 is 0. The summed E-state index contributed by atoms with van der Waals surface area (Å²) in [6.07, 6.45) is -14.8. The normalized spacial score (nSPS) is 38.2. The van der Waals surface area contributed by atoms with Gasteiger partial charge in [-0.05, 0) is 20.3 Å². The molecule has 12 atom stereocenters. The SMILES string of the molecule is CC[C@H](C)C(=O)O[C@@H](C)[C@@]1(O)[C@H](C)O[C@@H](O[C@H]2[C@@H](O)[C@H]([C@@]3(O)CC(=O)C(=N)C(C(=O)O)=C3O)O[C@H](COC(C)=O)[C@H]2O)C[C@@H]1OC. The molecule has 0 unspecified atom stereocenters. The lowest BCUT2D eigenvalue weighted by molar-refractivity contribution is -0.344. The average Bonchev–Trinajstić information content (AvgIpc) is 2.98. The highest BCUT2D eigenvalue weighted by molar-refractivity contribution is 6.51. The van der Waals surface area contributed by atoms with E-state index in [0.717, 1.165) is 6.92 Å². The van der Waals surface area contributed by atoms with E-state index < -0.39 is 126 Å². The number of methoxy groups -OCH3 is 1. The zero-order chi connectivity index (χ0) is 34.9. The number of ether oxygens (including phenoxy) is 6. The minimum Gasteiger partial charge on any atom is -0.508 e. The van der Waals surface area contributed by atoms with Gasteiger partial charge in [-0.2, -0.15) is 0 Å². The van der Waals surface area contributed by atoms with E-state index in [9.17, 15) is 49.8 Å². The molecule has 0 radical (unpaired) electrons. The van der Waals surface area contributed by atoms with Gasteiger partial charge in [-0.1, -0.05) is 13.8 Å². The fraction of sp³-hybridized carbons (Fsp3) is 0.759. The van der Waals surface area contributed by atoms with Gasteiger partial charge in [0.25, 0.3) is 0 Å². The molecule has 3 aliphatic rings. The number of aliphatic carboxylic acids is 1. The number of carbonyl (C=O) groups is 4. The summed E-state index contributed by atoms with van der Waals surface area (Å²) in [5, 5.41) is 73.7. The van der Waals surface area contributed by atoms with Gasteiger partial charge in [0.2, 0.25) is 0 Å². The zero-order valence-corrected chi connectivity index (χ0v) is 26.4. The predicted molar refractivity (Wildman–Crippen MR) is 151 cm³/mol. The number of Topliss-reactive ketones (excluding diaryl/α,β-unsaturated/α-hetero) is 1. The van der Waals surface area contributed by atoms with Crippen LogP contribution in [0.4, 0.5) is 0 Å². The molecule has 0 aromatic heterocycles. The molecule has 2 heterocycles. The van der Waals surface area contributed by atoms with Crippen LogP contribution in [0, 0.1) is 11.3 Å². The lowest BCUT2D eigenvalue weighted by Crippen LogP contribution is -2.69. The number of aliphatic hydroxyl groups is 5. The first-order valence-electron chi connectivity index (χ1n) is 14.8. The summed E-state index contributed by atoms with van der Waals surface area (Å²) in [5.74, 6) is -6.21. The van der Waals surface area contributed by atoms with Gasteiger partial charge >= 0.3 is 17.9 Å². The Bertz CT molecular complexity index is 1240. The van der Waals surface area contributed by atoms with E-state index in [1.165, 1.54) is 21.0 Å². The summed E-state index contributed by atoms with van der Waals surface area (Å²) in [6.45, 7) is 6.81. The Labute approximate surface area is 264 Å². The maximum Gasteiger partial charge on any atom is 0.341 e. The average molecular weight is 662 g/mol. The number of nitrogens with one attached hydrogen (secondary N) is 1. The molecule has 2 saturated heterocycles. The topological polar surface area (TPSA) is 269 Å². The molecule has 17 nitrogen and oxygen atoms in total. The molecular formula is C29H43NO16. The molecule has 0 bridgehead atoms. The highest BCUT2D eigenvalue weighted by atomic mass is 16.7. The van der Waals surface area contributed by atoms with E-state index in [2.05, 4.69) is 0 Å². The molecule has 2 fully saturated rings. The van der Waals surface area contributed by atoms with Crippen molar-refractivity contribution in [1.82, 2.24) is 0 Å². The Morgan fingerprint density at radius 2 is 1.76 bits per heavy atom. The van der Waals surface area contributed by atoms with Crippen molar-refractivity contribution >= 4 is 29.4 Å². The first-order chi connectivity index (χ1) is 21.3. The Morgan fingerprint density at radius 1 is 1.13 bits per heavy atom. The fourth-order valence-corrected chi connectivity index (χ4v) is 5.87. The van der Waals surface area contributed by atoms with Crippen LogP contribution in [-0.2, 0) is 47.6 Å². The number of hydrogen-bond acceptors (Lipinski definition) is 16. The van der Waals surface area contributed by atoms with E-state index in [1.54, 1.807) is 13.8 Å². The van der Waals surface area contributed by atoms with Crippen molar-refractivity contribution in [2.24, 2.45) is 5.92 Å². The molecule has 0 spiro atoms. The van der Waals surface area contributed by atoms with Crippen molar-refractivity contribution in [2.75, 3.05) is 13.7 Å². The largest absolute Gasteiger partial charge is 0.508 e. The molecule has 1 aliphatic carbocycles. The van der Waals surface area contributed by atoms with E-state index in [0.29, 0.717) is 6.42 Å². The van der Waals surface area contributed by atoms with Crippen LogP contribution in [0.25, 0.3) is 0 Å². The van der Waals surface area contributed by atoms with Crippen LogP contribution < -0.4 is 0 Å². The van der Waals surface area contributed by atoms with Crippen LogP contribution in [0.1, 0.15) is 53.9 Å². The molecule has 2 aliphatic heterocycles. The molecule has 0 saturated carbocycles. The van der Waals surface area contributed by atoms with Gasteiger partial charge in [0.1, 0.15) is 60.3 Å². The molecule has 46 heavy (non-hydrogen) atoms. The summed E-state index contributed by atoms with van der Waals surface area (Å²) in [7, 11) is 1.29. The van der Waals surface area contributed by atoms with Gasteiger partial charge in [0.05, 0.1) is 24.5 Å². The highest BCUT2D eigenvalue weighted by Gasteiger charge is 2.61. The summed E-state index contributed by atoms with van der Waals surface area (Å²) in [5.41, 5.74) is -7.10.